The van der Waals surface area contributed by atoms with Crippen LogP contribution < -0.4 is 4.72 Å². The molecule has 1 N–H and O–H groups in total. The Morgan fingerprint density at radius 2 is 2.29 bits per heavy atom. The second-order valence-corrected chi connectivity index (χ2v) is 5.10. The molecule has 5 nitrogen and oxygen atoms in total. The molecule has 0 fully saturated rings. The zero-order chi connectivity index (χ0) is 12.9. The lowest BCUT2D eigenvalue weighted by Crippen LogP contribution is -2.36. The van der Waals surface area contributed by atoms with E-state index >= 15 is 0 Å². The van der Waals surface area contributed by atoms with E-state index in [1.54, 1.807) is 13.8 Å². The SMILES string of the molecule is CCOCC(C)NS(=O)(=O)c1ncccc1F. The Kier molecular flexibility index (Phi) is 4.98. The van der Waals surface area contributed by atoms with Crippen LogP contribution in [0.15, 0.2) is 23.4 Å². The van der Waals surface area contributed by atoms with Crippen molar-refractivity contribution in [3.8, 4) is 0 Å². The Bertz CT molecular complexity index is 464. The summed E-state index contributed by atoms with van der Waals surface area (Å²) in [6.45, 7) is 4.15. The minimum atomic E-state index is -3.94. The zero-order valence-corrected chi connectivity index (χ0v) is 10.5. The van der Waals surface area contributed by atoms with Crippen molar-refractivity contribution in [3.05, 3.63) is 24.1 Å². The first-order chi connectivity index (χ1) is 7.97. The van der Waals surface area contributed by atoms with Crippen LogP contribution in [0, 0.1) is 5.82 Å². The third-order valence-electron chi connectivity index (χ3n) is 1.91. The Labute approximate surface area is 100 Å². The normalized spacial score (nSPS) is 13.6. The molecule has 0 aromatic carbocycles. The van der Waals surface area contributed by atoms with Gasteiger partial charge in [-0.2, -0.15) is 0 Å². The van der Waals surface area contributed by atoms with E-state index in [0.29, 0.717) is 6.61 Å². The average Bonchev–Trinajstić information content (AvgIpc) is 2.26. The Morgan fingerprint density at radius 1 is 1.59 bits per heavy atom. The molecule has 1 unspecified atom stereocenters. The van der Waals surface area contributed by atoms with Crippen LogP contribution in [0.4, 0.5) is 4.39 Å². The molecule has 96 valence electrons. The minimum absolute atomic E-state index is 0.226. The summed E-state index contributed by atoms with van der Waals surface area (Å²) >= 11 is 0. The van der Waals surface area contributed by atoms with Gasteiger partial charge in [0.05, 0.1) is 6.61 Å². The highest BCUT2D eigenvalue weighted by Gasteiger charge is 2.22. The van der Waals surface area contributed by atoms with Gasteiger partial charge in [0, 0.05) is 18.8 Å². The lowest BCUT2D eigenvalue weighted by atomic mass is 10.4. The highest BCUT2D eigenvalue weighted by Crippen LogP contribution is 2.10. The van der Waals surface area contributed by atoms with Crippen molar-refractivity contribution < 1.29 is 17.5 Å². The molecule has 0 aliphatic heterocycles. The molecule has 1 heterocycles. The van der Waals surface area contributed by atoms with Gasteiger partial charge >= 0.3 is 0 Å². The van der Waals surface area contributed by atoms with Crippen LogP contribution in [0.2, 0.25) is 0 Å². The zero-order valence-electron chi connectivity index (χ0n) is 9.68. The maximum absolute atomic E-state index is 13.3. The van der Waals surface area contributed by atoms with E-state index in [2.05, 4.69) is 9.71 Å². The fraction of sp³-hybridized carbons (Fsp3) is 0.500. The number of aromatic nitrogens is 1. The maximum atomic E-state index is 13.3. The number of hydrogen-bond donors (Lipinski definition) is 1. The molecule has 0 saturated heterocycles. The van der Waals surface area contributed by atoms with E-state index in [1.165, 1.54) is 12.3 Å². The van der Waals surface area contributed by atoms with E-state index in [4.69, 9.17) is 4.74 Å². The van der Waals surface area contributed by atoms with E-state index in [0.717, 1.165) is 6.07 Å². The van der Waals surface area contributed by atoms with Crippen molar-refractivity contribution in [1.29, 1.82) is 0 Å². The largest absolute Gasteiger partial charge is 0.380 e. The summed E-state index contributed by atoms with van der Waals surface area (Å²) in [5, 5.41) is -0.594. The predicted molar refractivity (Wildman–Crippen MR) is 60.5 cm³/mol. The third-order valence-corrected chi connectivity index (χ3v) is 3.43. The van der Waals surface area contributed by atoms with Crippen molar-refractivity contribution in [3.63, 3.8) is 0 Å². The van der Waals surface area contributed by atoms with Crippen molar-refractivity contribution >= 4 is 10.0 Å². The summed E-state index contributed by atoms with van der Waals surface area (Å²) in [5.41, 5.74) is 0. The van der Waals surface area contributed by atoms with Gasteiger partial charge in [-0.05, 0) is 26.0 Å². The van der Waals surface area contributed by atoms with Gasteiger partial charge in [-0.1, -0.05) is 0 Å². The van der Waals surface area contributed by atoms with Gasteiger partial charge in [-0.3, -0.25) is 0 Å². The smallest absolute Gasteiger partial charge is 0.261 e. The van der Waals surface area contributed by atoms with E-state index in [1.807, 2.05) is 0 Å². The number of sulfonamides is 1. The fourth-order valence-electron chi connectivity index (χ4n) is 1.22. The highest BCUT2D eigenvalue weighted by molar-refractivity contribution is 7.89. The lowest BCUT2D eigenvalue weighted by molar-refractivity contribution is 0.133. The van der Waals surface area contributed by atoms with Gasteiger partial charge < -0.3 is 4.74 Å². The van der Waals surface area contributed by atoms with Crippen LogP contribution in [0.1, 0.15) is 13.8 Å². The minimum Gasteiger partial charge on any atom is -0.380 e. The van der Waals surface area contributed by atoms with Gasteiger partial charge in [-0.25, -0.2) is 22.5 Å². The predicted octanol–water partition coefficient (Wildman–Crippen LogP) is 0.924. The average molecular weight is 262 g/mol. The molecule has 0 spiro atoms. The van der Waals surface area contributed by atoms with Gasteiger partial charge in [0.1, 0.15) is 0 Å². The number of hydrogen-bond acceptors (Lipinski definition) is 4. The Balaban J connectivity index is 2.79. The van der Waals surface area contributed by atoms with Crippen LogP contribution >= 0.6 is 0 Å². The first-order valence-corrected chi connectivity index (χ1v) is 6.66. The van der Waals surface area contributed by atoms with Crippen LogP contribution in [-0.2, 0) is 14.8 Å². The Morgan fingerprint density at radius 3 is 2.88 bits per heavy atom. The summed E-state index contributed by atoms with van der Waals surface area (Å²) in [4.78, 5) is 3.52. The molecule has 1 aromatic rings. The quantitative estimate of drug-likeness (QED) is 0.828. The maximum Gasteiger partial charge on any atom is 0.261 e. The standard InChI is InChI=1S/C10H15FN2O3S/c1-3-16-7-8(2)13-17(14,15)10-9(11)5-4-6-12-10/h4-6,8,13H,3,7H2,1-2H3. The number of halogens is 1. The number of ether oxygens (including phenoxy) is 1. The molecule has 0 aliphatic rings. The van der Waals surface area contributed by atoms with Gasteiger partial charge in [0.2, 0.25) is 5.03 Å². The number of nitrogens with zero attached hydrogens (tertiary/aromatic N) is 1. The highest BCUT2D eigenvalue weighted by atomic mass is 32.2. The van der Waals surface area contributed by atoms with Crippen molar-refractivity contribution in [2.45, 2.75) is 24.9 Å². The second kappa shape index (κ2) is 6.04. The lowest BCUT2D eigenvalue weighted by Gasteiger charge is -2.13. The van der Waals surface area contributed by atoms with E-state index < -0.39 is 26.9 Å². The first kappa shape index (κ1) is 14.0. The molecule has 7 heteroatoms. The number of rotatable bonds is 6. The van der Waals surface area contributed by atoms with Gasteiger partial charge in [-0.15, -0.1) is 0 Å². The molecular weight excluding hydrogens is 247 g/mol. The first-order valence-electron chi connectivity index (χ1n) is 5.18. The van der Waals surface area contributed by atoms with Gasteiger partial charge in [0.15, 0.2) is 5.82 Å². The van der Waals surface area contributed by atoms with Gasteiger partial charge in [0.25, 0.3) is 10.0 Å². The summed E-state index contributed by atoms with van der Waals surface area (Å²) in [6.07, 6.45) is 1.23. The summed E-state index contributed by atoms with van der Waals surface area (Å²) in [7, 11) is -3.94. The molecule has 0 saturated carbocycles. The van der Waals surface area contributed by atoms with Crippen molar-refractivity contribution in [1.82, 2.24) is 9.71 Å². The van der Waals surface area contributed by atoms with E-state index in [-0.39, 0.29) is 6.61 Å². The molecular formula is C10H15FN2O3S. The Hall–Kier alpha value is -1.05. The molecule has 1 rings (SSSR count). The monoisotopic (exact) mass is 262 g/mol. The van der Waals surface area contributed by atoms with Crippen LogP contribution in [0.25, 0.3) is 0 Å². The van der Waals surface area contributed by atoms with Crippen LogP contribution in [0.5, 0.6) is 0 Å². The number of pyridine rings is 1. The fourth-order valence-corrected chi connectivity index (χ4v) is 2.45. The van der Waals surface area contributed by atoms with Crippen LogP contribution in [-0.4, -0.2) is 32.7 Å². The molecule has 1 aromatic heterocycles. The summed E-state index contributed by atoms with van der Waals surface area (Å²) < 4.78 is 44.1. The molecule has 1 atom stereocenters. The number of nitrogens with one attached hydrogen (secondary N) is 1. The van der Waals surface area contributed by atoms with Crippen molar-refractivity contribution in [2.75, 3.05) is 13.2 Å². The second-order valence-electron chi connectivity index (χ2n) is 3.47. The molecule has 17 heavy (non-hydrogen) atoms. The van der Waals surface area contributed by atoms with E-state index in [9.17, 15) is 12.8 Å². The van der Waals surface area contributed by atoms with Crippen molar-refractivity contribution in [2.24, 2.45) is 0 Å². The molecule has 0 bridgehead atoms. The summed E-state index contributed by atoms with van der Waals surface area (Å²) in [5.74, 6) is -0.872. The topological polar surface area (TPSA) is 68.3 Å². The molecule has 0 aliphatic carbocycles. The molecule has 0 amide bonds. The summed E-state index contributed by atoms with van der Waals surface area (Å²) in [6, 6.07) is 1.94. The third kappa shape index (κ3) is 4.03. The van der Waals surface area contributed by atoms with Crippen LogP contribution in [0.3, 0.4) is 0 Å². The molecule has 0 radical (unpaired) electrons.